The second-order valence-electron chi connectivity index (χ2n) is 4.29. The zero-order valence-electron chi connectivity index (χ0n) is 11.0. The minimum Gasteiger partial charge on any atom is -0.480 e. The Bertz CT molecular complexity index is 622. The van der Waals surface area contributed by atoms with E-state index in [-0.39, 0.29) is 0 Å². The van der Waals surface area contributed by atoms with Gasteiger partial charge in [-0.15, -0.1) is 0 Å². The van der Waals surface area contributed by atoms with Crippen LogP contribution in [0.4, 0.5) is 0 Å². The Morgan fingerprint density at radius 1 is 1.40 bits per heavy atom. The van der Waals surface area contributed by atoms with Crippen LogP contribution in [0.3, 0.4) is 0 Å². The molecule has 1 heterocycles. The smallest absolute Gasteiger partial charge is 0.326 e. The number of thioether (sulfide) groups is 1. The van der Waals surface area contributed by atoms with Gasteiger partial charge >= 0.3 is 5.97 Å². The fourth-order valence-electron chi connectivity index (χ4n) is 1.88. The fraction of sp³-hybridized carbons (Fsp3) is 0.286. The Labute approximate surface area is 120 Å². The van der Waals surface area contributed by atoms with E-state index >= 15 is 0 Å². The van der Waals surface area contributed by atoms with Crippen molar-refractivity contribution < 1.29 is 19.1 Å². The Hall–Kier alpha value is -1.95. The Kier molecular flexibility index (Phi) is 4.68. The van der Waals surface area contributed by atoms with Crippen molar-refractivity contribution >= 4 is 34.6 Å². The van der Waals surface area contributed by atoms with Crippen molar-refractivity contribution in [1.29, 1.82) is 0 Å². The van der Waals surface area contributed by atoms with Crippen molar-refractivity contribution in [3.8, 4) is 0 Å². The number of aliphatic carboxylic acids is 1. The van der Waals surface area contributed by atoms with Crippen LogP contribution in [0.2, 0.25) is 0 Å². The average molecular weight is 293 g/mol. The molecule has 20 heavy (non-hydrogen) atoms. The maximum absolute atomic E-state index is 12.2. The standard InChI is InChI=1S/C14H15NO4S/c1-20-7-6-11(14(17)18)15-13(16)10-8-19-12-5-3-2-4-9(10)12/h2-5,8,11H,6-7H2,1H3,(H,15,16)(H,17,18). The minimum atomic E-state index is -1.03. The van der Waals surface area contributed by atoms with E-state index in [1.165, 1.54) is 6.26 Å². The van der Waals surface area contributed by atoms with Gasteiger partial charge in [0, 0.05) is 5.39 Å². The number of para-hydroxylation sites is 1. The van der Waals surface area contributed by atoms with Gasteiger partial charge in [0.15, 0.2) is 0 Å². The van der Waals surface area contributed by atoms with E-state index in [0.717, 1.165) is 0 Å². The lowest BCUT2D eigenvalue weighted by molar-refractivity contribution is -0.139. The summed E-state index contributed by atoms with van der Waals surface area (Å²) in [4.78, 5) is 23.3. The van der Waals surface area contributed by atoms with Gasteiger partial charge in [-0.3, -0.25) is 4.79 Å². The molecule has 0 saturated heterocycles. The van der Waals surface area contributed by atoms with E-state index in [9.17, 15) is 9.59 Å². The first-order valence-corrected chi connectivity index (χ1v) is 7.51. The van der Waals surface area contributed by atoms with Crippen LogP contribution >= 0.6 is 11.8 Å². The van der Waals surface area contributed by atoms with Crippen molar-refractivity contribution in [2.45, 2.75) is 12.5 Å². The molecule has 0 saturated carbocycles. The second kappa shape index (κ2) is 6.47. The molecule has 1 aromatic heterocycles. The molecule has 5 nitrogen and oxygen atoms in total. The predicted octanol–water partition coefficient (Wildman–Crippen LogP) is 2.37. The van der Waals surface area contributed by atoms with Gasteiger partial charge < -0.3 is 14.8 Å². The molecule has 0 spiro atoms. The van der Waals surface area contributed by atoms with Crippen LogP contribution in [0.15, 0.2) is 34.9 Å². The van der Waals surface area contributed by atoms with E-state index in [1.807, 2.05) is 12.3 Å². The molecule has 0 fully saturated rings. The first-order chi connectivity index (χ1) is 9.63. The highest BCUT2D eigenvalue weighted by molar-refractivity contribution is 7.98. The Morgan fingerprint density at radius 2 is 2.15 bits per heavy atom. The number of hydrogen-bond acceptors (Lipinski definition) is 4. The molecule has 1 amide bonds. The van der Waals surface area contributed by atoms with E-state index in [0.29, 0.717) is 28.7 Å². The number of hydrogen-bond donors (Lipinski definition) is 2. The lowest BCUT2D eigenvalue weighted by Crippen LogP contribution is -2.41. The summed E-state index contributed by atoms with van der Waals surface area (Å²) >= 11 is 1.54. The van der Waals surface area contributed by atoms with E-state index in [2.05, 4.69) is 5.32 Å². The number of furan rings is 1. The van der Waals surface area contributed by atoms with Crippen LogP contribution in [-0.2, 0) is 4.79 Å². The van der Waals surface area contributed by atoms with Crippen molar-refractivity contribution in [2.24, 2.45) is 0 Å². The zero-order valence-corrected chi connectivity index (χ0v) is 11.8. The molecule has 1 aromatic carbocycles. The maximum Gasteiger partial charge on any atom is 0.326 e. The quantitative estimate of drug-likeness (QED) is 0.854. The average Bonchev–Trinajstić information content (AvgIpc) is 2.87. The largest absolute Gasteiger partial charge is 0.480 e. The first kappa shape index (κ1) is 14.5. The highest BCUT2D eigenvalue weighted by Crippen LogP contribution is 2.20. The highest BCUT2D eigenvalue weighted by Gasteiger charge is 2.22. The molecule has 2 rings (SSSR count). The van der Waals surface area contributed by atoms with Crippen LogP contribution in [0.5, 0.6) is 0 Å². The number of carbonyl (C=O) groups excluding carboxylic acids is 1. The third-order valence-corrected chi connectivity index (χ3v) is 3.58. The molecule has 106 valence electrons. The number of carbonyl (C=O) groups is 2. The number of fused-ring (bicyclic) bond motifs is 1. The summed E-state index contributed by atoms with van der Waals surface area (Å²) in [6.45, 7) is 0. The molecular weight excluding hydrogens is 278 g/mol. The van der Waals surface area contributed by atoms with Gasteiger partial charge in [-0.2, -0.15) is 11.8 Å². The van der Waals surface area contributed by atoms with Crippen LogP contribution in [0, 0.1) is 0 Å². The van der Waals surface area contributed by atoms with Gasteiger partial charge in [-0.05, 0) is 24.5 Å². The summed E-state index contributed by atoms with van der Waals surface area (Å²) in [6.07, 6.45) is 3.63. The normalized spacial score (nSPS) is 12.2. The number of amides is 1. The van der Waals surface area contributed by atoms with E-state index in [1.54, 1.807) is 30.0 Å². The van der Waals surface area contributed by atoms with Gasteiger partial charge in [0.1, 0.15) is 17.9 Å². The maximum atomic E-state index is 12.2. The van der Waals surface area contributed by atoms with Gasteiger partial charge in [0.25, 0.3) is 5.91 Å². The Morgan fingerprint density at radius 3 is 2.85 bits per heavy atom. The summed E-state index contributed by atoms with van der Waals surface area (Å²) < 4.78 is 5.28. The van der Waals surface area contributed by atoms with Gasteiger partial charge in [-0.25, -0.2) is 4.79 Å². The van der Waals surface area contributed by atoms with Crippen molar-refractivity contribution in [3.05, 3.63) is 36.1 Å². The lowest BCUT2D eigenvalue weighted by atomic mass is 10.1. The molecule has 1 atom stereocenters. The first-order valence-electron chi connectivity index (χ1n) is 6.12. The second-order valence-corrected chi connectivity index (χ2v) is 5.28. The highest BCUT2D eigenvalue weighted by atomic mass is 32.2. The number of rotatable bonds is 6. The Balaban J connectivity index is 2.16. The zero-order chi connectivity index (χ0) is 14.5. The van der Waals surface area contributed by atoms with Gasteiger partial charge in [0.05, 0.1) is 5.56 Å². The molecule has 2 N–H and O–H groups in total. The third kappa shape index (κ3) is 3.14. The molecule has 6 heteroatoms. The van der Waals surface area contributed by atoms with Crippen LogP contribution in [0.25, 0.3) is 11.0 Å². The fourth-order valence-corrected chi connectivity index (χ4v) is 2.35. The molecular formula is C14H15NO4S. The lowest BCUT2D eigenvalue weighted by Gasteiger charge is -2.13. The van der Waals surface area contributed by atoms with Crippen molar-refractivity contribution in [3.63, 3.8) is 0 Å². The molecule has 0 bridgehead atoms. The molecule has 0 aliphatic carbocycles. The number of carboxylic acids is 1. The summed E-state index contributed by atoms with van der Waals surface area (Å²) in [6, 6.07) is 6.26. The van der Waals surface area contributed by atoms with Gasteiger partial charge in [0.2, 0.25) is 0 Å². The molecule has 1 unspecified atom stereocenters. The summed E-state index contributed by atoms with van der Waals surface area (Å²) in [5, 5.41) is 12.3. The SMILES string of the molecule is CSCCC(NC(=O)c1coc2ccccc12)C(=O)O. The van der Waals surface area contributed by atoms with Crippen LogP contribution < -0.4 is 5.32 Å². The number of nitrogens with one attached hydrogen (secondary N) is 1. The molecule has 0 aliphatic heterocycles. The monoisotopic (exact) mass is 293 g/mol. The van der Waals surface area contributed by atoms with Gasteiger partial charge in [-0.1, -0.05) is 18.2 Å². The molecule has 2 aromatic rings. The number of benzene rings is 1. The van der Waals surface area contributed by atoms with Crippen molar-refractivity contribution in [2.75, 3.05) is 12.0 Å². The number of carboxylic acid groups (broad SMARTS) is 1. The summed E-state index contributed by atoms with van der Waals surface area (Å²) in [5.74, 6) is -0.785. The predicted molar refractivity (Wildman–Crippen MR) is 78.1 cm³/mol. The van der Waals surface area contributed by atoms with E-state index < -0.39 is 17.9 Å². The summed E-state index contributed by atoms with van der Waals surface area (Å²) in [5.41, 5.74) is 0.963. The molecule has 0 aliphatic rings. The third-order valence-electron chi connectivity index (χ3n) is 2.94. The minimum absolute atomic E-state index is 0.357. The molecule has 0 radical (unpaired) electrons. The van der Waals surface area contributed by atoms with Crippen LogP contribution in [-0.4, -0.2) is 35.0 Å². The van der Waals surface area contributed by atoms with Crippen LogP contribution in [0.1, 0.15) is 16.8 Å². The van der Waals surface area contributed by atoms with Crippen molar-refractivity contribution in [1.82, 2.24) is 5.32 Å². The summed E-state index contributed by atoms with van der Waals surface area (Å²) in [7, 11) is 0. The van der Waals surface area contributed by atoms with E-state index in [4.69, 9.17) is 9.52 Å². The topological polar surface area (TPSA) is 79.5 Å².